The van der Waals surface area contributed by atoms with Crippen LogP contribution in [0.15, 0.2) is 22.0 Å². The molecule has 0 saturated heterocycles. The first-order valence-electron chi connectivity index (χ1n) is 6.25. The van der Waals surface area contributed by atoms with Gasteiger partial charge in [-0.15, -0.1) is 0 Å². The molecule has 102 valence electrons. The summed E-state index contributed by atoms with van der Waals surface area (Å²) in [5.41, 5.74) is 1.15. The van der Waals surface area contributed by atoms with Gasteiger partial charge in [0.15, 0.2) is 4.34 Å². The van der Waals surface area contributed by atoms with Crippen molar-refractivity contribution in [3.63, 3.8) is 0 Å². The Kier molecular flexibility index (Phi) is 5.09. The largest absolute Gasteiger partial charge is 0.370 e. The quantitative estimate of drug-likeness (QED) is 0.824. The maximum Gasteiger partial charge on any atom is 0.176 e. The lowest BCUT2D eigenvalue weighted by Gasteiger charge is -2.15. The van der Waals surface area contributed by atoms with Crippen molar-refractivity contribution in [1.29, 1.82) is 0 Å². The number of aromatic nitrogens is 4. The molecule has 1 N–H and O–H groups in total. The minimum absolute atomic E-state index is 0.357. The average molecular weight is 295 g/mol. The van der Waals surface area contributed by atoms with Crippen LogP contribution in [0, 0.1) is 0 Å². The summed E-state index contributed by atoms with van der Waals surface area (Å²) in [6.07, 6.45) is 4.24. The molecule has 2 heterocycles. The minimum Gasteiger partial charge on any atom is -0.370 e. The summed E-state index contributed by atoms with van der Waals surface area (Å²) in [6, 6.07) is 0. The summed E-state index contributed by atoms with van der Waals surface area (Å²) >= 11 is 2.93. The van der Waals surface area contributed by atoms with Gasteiger partial charge in [0.05, 0.1) is 0 Å². The summed E-state index contributed by atoms with van der Waals surface area (Å²) in [4.78, 5) is 12.9. The topological polar surface area (TPSA) is 63.6 Å². The van der Waals surface area contributed by atoms with E-state index in [0.717, 1.165) is 33.7 Å². The molecule has 0 spiro atoms. The van der Waals surface area contributed by atoms with Gasteiger partial charge in [-0.25, -0.2) is 15.0 Å². The van der Waals surface area contributed by atoms with Crippen molar-refractivity contribution in [3.05, 3.63) is 18.2 Å². The van der Waals surface area contributed by atoms with E-state index in [2.05, 4.69) is 45.4 Å². The van der Waals surface area contributed by atoms with Crippen molar-refractivity contribution in [2.45, 2.75) is 42.5 Å². The maximum absolute atomic E-state index is 4.39. The summed E-state index contributed by atoms with van der Waals surface area (Å²) in [5, 5.41) is 4.33. The van der Waals surface area contributed by atoms with Gasteiger partial charge in [-0.05, 0) is 35.6 Å². The zero-order valence-corrected chi connectivity index (χ0v) is 12.9. The standard InChI is InChI=1S/C12H17N5S2/c1-4-5-13-10-9(8(2)3)11(15-6-14-10)18-12-16-7-17-19-12/h6-8H,4-5H2,1-3H3,(H,13,14,15). The highest BCUT2D eigenvalue weighted by Gasteiger charge is 2.16. The van der Waals surface area contributed by atoms with Gasteiger partial charge in [0.2, 0.25) is 0 Å². The molecule has 0 aliphatic rings. The maximum atomic E-state index is 4.39. The number of rotatable bonds is 6. The fraction of sp³-hybridized carbons (Fsp3) is 0.500. The molecule has 0 amide bonds. The van der Waals surface area contributed by atoms with Crippen molar-refractivity contribution in [2.75, 3.05) is 11.9 Å². The molecule has 2 rings (SSSR count). The molecule has 0 unspecified atom stereocenters. The molecule has 7 heteroatoms. The zero-order chi connectivity index (χ0) is 13.7. The van der Waals surface area contributed by atoms with E-state index < -0.39 is 0 Å². The molecule has 0 saturated carbocycles. The monoisotopic (exact) mass is 295 g/mol. The Labute approximate surface area is 121 Å². The predicted octanol–water partition coefficient (Wildman–Crippen LogP) is 3.42. The smallest absolute Gasteiger partial charge is 0.176 e. The van der Waals surface area contributed by atoms with E-state index in [-0.39, 0.29) is 0 Å². The van der Waals surface area contributed by atoms with Gasteiger partial charge in [-0.2, -0.15) is 4.37 Å². The van der Waals surface area contributed by atoms with Gasteiger partial charge in [-0.1, -0.05) is 20.8 Å². The van der Waals surface area contributed by atoms with Crippen LogP contribution in [0.3, 0.4) is 0 Å². The highest BCUT2D eigenvalue weighted by atomic mass is 32.2. The van der Waals surface area contributed by atoms with Crippen molar-refractivity contribution in [3.8, 4) is 0 Å². The van der Waals surface area contributed by atoms with Crippen molar-refractivity contribution >= 4 is 29.1 Å². The third-order valence-electron chi connectivity index (χ3n) is 2.49. The molecule has 2 aromatic heterocycles. The molecule has 2 aromatic rings. The predicted molar refractivity (Wildman–Crippen MR) is 78.9 cm³/mol. The Morgan fingerprint density at radius 3 is 2.74 bits per heavy atom. The Bertz CT molecular complexity index is 513. The van der Waals surface area contributed by atoms with Gasteiger partial charge in [-0.3, -0.25) is 0 Å². The minimum atomic E-state index is 0.357. The molecule has 0 aliphatic carbocycles. The van der Waals surface area contributed by atoms with Crippen LogP contribution >= 0.6 is 23.3 Å². The third kappa shape index (κ3) is 3.63. The highest BCUT2D eigenvalue weighted by molar-refractivity contribution is 8.00. The molecule has 0 bridgehead atoms. The molecule has 0 aliphatic heterocycles. The molecule has 0 atom stereocenters. The second-order valence-corrected chi connectivity index (χ2v) is 6.35. The molecule has 5 nitrogen and oxygen atoms in total. The number of nitrogens with one attached hydrogen (secondary N) is 1. The van der Waals surface area contributed by atoms with Crippen LogP contribution in [0.25, 0.3) is 0 Å². The first kappa shape index (κ1) is 14.2. The lowest BCUT2D eigenvalue weighted by Crippen LogP contribution is -2.08. The Hall–Kier alpha value is -1.21. The van der Waals surface area contributed by atoms with Gasteiger partial charge < -0.3 is 5.32 Å². The summed E-state index contributed by atoms with van der Waals surface area (Å²) in [7, 11) is 0. The van der Waals surface area contributed by atoms with Crippen molar-refractivity contribution < 1.29 is 0 Å². The first-order chi connectivity index (χ1) is 9.22. The van der Waals surface area contributed by atoms with Crippen LogP contribution in [0.5, 0.6) is 0 Å². The van der Waals surface area contributed by atoms with Gasteiger partial charge in [0, 0.05) is 12.1 Å². The van der Waals surface area contributed by atoms with Crippen LogP contribution in [0.4, 0.5) is 5.82 Å². The van der Waals surface area contributed by atoms with Crippen molar-refractivity contribution in [2.24, 2.45) is 0 Å². The van der Waals surface area contributed by atoms with E-state index in [9.17, 15) is 0 Å². The van der Waals surface area contributed by atoms with Gasteiger partial charge in [0.1, 0.15) is 23.5 Å². The number of nitrogens with zero attached hydrogens (tertiary/aromatic N) is 4. The average Bonchev–Trinajstić information content (AvgIpc) is 2.89. The second kappa shape index (κ2) is 6.81. The van der Waals surface area contributed by atoms with E-state index in [4.69, 9.17) is 0 Å². The van der Waals surface area contributed by atoms with E-state index >= 15 is 0 Å². The normalized spacial score (nSPS) is 10.9. The van der Waals surface area contributed by atoms with E-state index in [0.29, 0.717) is 5.92 Å². The van der Waals surface area contributed by atoms with E-state index in [1.54, 1.807) is 24.4 Å². The lowest BCUT2D eigenvalue weighted by atomic mass is 10.1. The number of hydrogen-bond donors (Lipinski definition) is 1. The summed E-state index contributed by atoms with van der Waals surface area (Å²) < 4.78 is 4.92. The van der Waals surface area contributed by atoms with Crippen molar-refractivity contribution in [1.82, 2.24) is 19.3 Å². The SMILES string of the molecule is CCCNc1ncnc(Sc2ncns2)c1C(C)C. The fourth-order valence-corrected chi connectivity index (χ4v) is 3.26. The third-order valence-corrected chi connectivity index (χ3v) is 4.23. The second-order valence-electron chi connectivity index (χ2n) is 4.33. The highest BCUT2D eigenvalue weighted by Crippen LogP contribution is 2.35. The molecule has 0 radical (unpaired) electrons. The molecular formula is C12H17N5S2. The van der Waals surface area contributed by atoms with Gasteiger partial charge >= 0.3 is 0 Å². The Morgan fingerprint density at radius 2 is 2.11 bits per heavy atom. The van der Waals surface area contributed by atoms with E-state index in [1.165, 1.54) is 11.5 Å². The Morgan fingerprint density at radius 1 is 1.26 bits per heavy atom. The molecule has 0 aromatic carbocycles. The molecular weight excluding hydrogens is 278 g/mol. The molecule has 0 fully saturated rings. The van der Waals surface area contributed by atoms with Crippen LogP contribution in [-0.2, 0) is 0 Å². The fourth-order valence-electron chi connectivity index (χ4n) is 1.66. The van der Waals surface area contributed by atoms with E-state index in [1.807, 2.05) is 0 Å². The van der Waals surface area contributed by atoms with Crippen LogP contribution in [-0.4, -0.2) is 25.9 Å². The molecule has 19 heavy (non-hydrogen) atoms. The first-order valence-corrected chi connectivity index (χ1v) is 7.84. The summed E-state index contributed by atoms with van der Waals surface area (Å²) in [5.74, 6) is 1.29. The summed E-state index contributed by atoms with van der Waals surface area (Å²) in [6.45, 7) is 7.36. The lowest BCUT2D eigenvalue weighted by molar-refractivity contribution is 0.799. The van der Waals surface area contributed by atoms with Crippen LogP contribution < -0.4 is 5.32 Å². The number of anilines is 1. The van der Waals surface area contributed by atoms with Gasteiger partial charge in [0.25, 0.3) is 0 Å². The van der Waals surface area contributed by atoms with Crippen LogP contribution in [0.1, 0.15) is 38.7 Å². The zero-order valence-electron chi connectivity index (χ0n) is 11.3. The number of hydrogen-bond acceptors (Lipinski definition) is 7. The Balaban J connectivity index is 2.31. The van der Waals surface area contributed by atoms with Crippen LogP contribution in [0.2, 0.25) is 0 Å².